The molecule has 5 heteroatoms. The van der Waals surface area contributed by atoms with Gasteiger partial charge in [0.1, 0.15) is 5.69 Å². The number of pyridine rings is 1. The van der Waals surface area contributed by atoms with Crippen LogP contribution in [0.5, 0.6) is 0 Å². The van der Waals surface area contributed by atoms with Crippen molar-refractivity contribution in [2.45, 2.75) is 45.3 Å². The summed E-state index contributed by atoms with van der Waals surface area (Å²) < 4.78 is 10.7. The second-order valence-corrected chi connectivity index (χ2v) is 6.20. The lowest BCUT2D eigenvalue weighted by Crippen LogP contribution is -2.40. The van der Waals surface area contributed by atoms with E-state index in [-0.39, 0.29) is 12.1 Å². The maximum Gasteiger partial charge on any atom is 0.356 e. The van der Waals surface area contributed by atoms with Gasteiger partial charge in [0, 0.05) is 31.2 Å². The van der Waals surface area contributed by atoms with Gasteiger partial charge in [-0.05, 0) is 44.4 Å². The normalized spacial score (nSPS) is 22.5. The minimum absolute atomic E-state index is 0.267. The lowest BCUT2D eigenvalue weighted by atomic mass is 10.1. The van der Waals surface area contributed by atoms with Crippen LogP contribution in [0.1, 0.15) is 54.4 Å². The third-order valence-electron chi connectivity index (χ3n) is 4.12. The molecule has 0 aromatic carbocycles. The van der Waals surface area contributed by atoms with Crippen LogP contribution in [0.15, 0.2) is 12.1 Å². The van der Waals surface area contributed by atoms with Crippen molar-refractivity contribution in [1.82, 2.24) is 9.88 Å². The number of aromatic nitrogens is 1. The van der Waals surface area contributed by atoms with Crippen LogP contribution in [-0.2, 0) is 16.0 Å². The molecule has 1 aromatic rings. The topological polar surface area (TPSA) is 51.7 Å². The first kappa shape index (κ1) is 15.4. The highest BCUT2D eigenvalue weighted by Gasteiger charge is 2.27. The Morgan fingerprint density at radius 1 is 1.45 bits per heavy atom. The second-order valence-electron chi connectivity index (χ2n) is 6.20. The summed E-state index contributed by atoms with van der Waals surface area (Å²) in [5.41, 5.74) is 2.64. The van der Waals surface area contributed by atoms with Crippen molar-refractivity contribution in [1.29, 1.82) is 0 Å². The van der Waals surface area contributed by atoms with E-state index in [1.807, 2.05) is 13.0 Å². The molecule has 0 bridgehead atoms. The average Bonchev–Trinajstić information content (AvgIpc) is 3.32. The van der Waals surface area contributed by atoms with Crippen molar-refractivity contribution >= 4 is 5.97 Å². The summed E-state index contributed by atoms with van der Waals surface area (Å²) in [4.78, 5) is 18.9. The zero-order valence-corrected chi connectivity index (χ0v) is 13.4. The van der Waals surface area contributed by atoms with Crippen LogP contribution in [0.4, 0.5) is 0 Å². The monoisotopic (exact) mass is 304 g/mol. The summed E-state index contributed by atoms with van der Waals surface area (Å²) in [6.45, 7) is 7.76. The fourth-order valence-corrected chi connectivity index (χ4v) is 2.89. The summed E-state index contributed by atoms with van der Waals surface area (Å²) in [5.74, 6) is 0.207. The molecule has 120 valence electrons. The van der Waals surface area contributed by atoms with Gasteiger partial charge in [0.05, 0.1) is 19.3 Å². The van der Waals surface area contributed by atoms with Gasteiger partial charge in [-0.15, -0.1) is 0 Å². The van der Waals surface area contributed by atoms with E-state index >= 15 is 0 Å². The number of ether oxygens (including phenoxy) is 2. The SMILES string of the molecule is CCOC(=O)c1cc(CN2CCO[C@H](C)C2)cc(C2CC2)n1. The van der Waals surface area contributed by atoms with Gasteiger partial charge in [-0.3, -0.25) is 4.90 Å². The van der Waals surface area contributed by atoms with Crippen LogP contribution in [0.25, 0.3) is 0 Å². The quantitative estimate of drug-likeness (QED) is 0.782. The lowest BCUT2D eigenvalue weighted by Gasteiger charge is -2.31. The molecule has 0 spiro atoms. The molecule has 5 nitrogen and oxygen atoms in total. The van der Waals surface area contributed by atoms with Gasteiger partial charge in [-0.2, -0.15) is 0 Å². The van der Waals surface area contributed by atoms with Gasteiger partial charge >= 0.3 is 5.97 Å². The van der Waals surface area contributed by atoms with E-state index in [1.165, 1.54) is 12.8 Å². The van der Waals surface area contributed by atoms with Crippen molar-refractivity contribution in [2.75, 3.05) is 26.3 Å². The number of carbonyl (C=O) groups is 1. The minimum atomic E-state index is -0.318. The zero-order chi connectivity index (χ0) is 15.5. The van der Waals surface area contributed by atoms with Gasteiger partial charge in [-0.1, -0.05) is 0 Å². The highest BCUT2D eigenvalue weighted by Crippen LogP contribution is 2.39. The Labute approximate surface area is 131 Å². The lowest BCUT2D eigenvalue weighted by molar-refractivity contribution is -0.0212. The summed E-state index contributed by atoms with van der Waals surface area (Å²) in [6, 6.07) is 4.03. The fourth-order valence-electron chi connectivity index (χ4n) is 2.89. The van der Waals surface area contributed by atoms with E-state index < -0.39 is 0 Å². The van der Waals surface area contributed by atoms with Gasteiger partial charge < -0.3 is 9.47 Å². The van der Waals surface area contributed by atoms with E-state index in [1.54, 1.807) is 0 Å². The molecule has 1 saturated carbocycles. The largest absolute Gasteiger partial charge is 0.461 e. The number of carbonyl (C=O) groups excluding carboxylic acids is 1. The molecule has 2 aliphatic rings. The highest BCUT2D eigenvalue weighted by atomic mass is 16.5. The molecule has 1 atom stereocenters. The molecule has 0 unspecified atom stereocenters. The number of hydrogen-bond donors (Lipinski definition) is 0. The van der Waals surface area contributed by atoms with Crippen LogP contribution in [0.2, 0.25) is 0 Å². The maximum absolute atomic E-state index is 12.0. The molecule has 1 saturated heterocycles. The molecule has 0 radical (unpaired) electrons. The first-order chi connectivity index (χ1) is 10.7. The molecule has 0 N–H and O–H groups in total. The zero-order valence-electron chi connectivity index (χ0n) is 13.4. The smallest absolute Gasteiger partial charge is 0.356 e. The minimum Gasteiger partial charge on any atom is -0.461 e. The first-order valence-corrected chi connectivity index (χ1v) is 8.17. The molecule has 1 aliphatic carbocycles. The number of hydrogen-bond acceptors (Lipinski definition) is 5. The molecule has 3 rings (SSSR count). The Bertz CT molecular complexity index is 543. The van der Waals surface area contributed by atoms with Crippen molar-refractivity contribution in [2.24, 2.45) is 0 Å². The van der Waals surface area contributed by atoms with Crippen molar-refractivity contribution in [3.63, 3.8) is 0 Å². The van der Waals surface area contributed by atoms with Crippen molar-refractivity contribution < 1.29 is 14.3 Å². The van der Waals surface area contributed by atoms with E-state index in [0.717, 1.165) is 37.5 Å². The van der Waals surface area contributed by atoms with E-state index in [0.29, 0.717) is 18.2 Å². The highest BCUT2D eigenvalue weighted by molar-refractivity contribution is 5.87. The Morgan fingerprint density at radius 2 is 2.27 bits per heavy atom. The molecule has 1 aliphatic heterocycles. The number of nitrogens with zero attached hydrogens (tertiary/aromatic N) is 2. The van der Waals surface area contributed by atoms with Crippen LogP contribution in [0, 0.1) is 0 Å². The van der Waals surface area contributed by atoms with Crippen molar-refractivity contribution in [3.8, 4) is 0 Å². The molecular formula is C17H24N2O3. The van der Waals surface area contributed by atoms with Crippen molar-refractivity contribution in [3.05, 3.63) is 29.1 Å². The summed E-state index contributed by atoms with van der Waals surface area (Å²) >= 11 is 0. The summed E-state index contributed by atoms with van der Waals surface area (Å²) in [5, 5.41) is 0. The van der Waals surface area contributed by atoms with Crippen LogP contribution in [-0.4, -0.2) is 48.3 Å². The predicted octanol–water partition coefficient (Wildman–Crippen LogP) is 2.36. The van der Waals surface area contributed by atoms with E-state index in [2.05, 4.69) is 22.9 Å². The molecule has 1 aromatic heterocycles. The first-order valence-electron chi connectivity index (χ1n) is 8.17. The average molecular weight is 304 g/mol. The molecule has 2 fully saturated rings. The summed E-state index contributed by atoms with van der Waals surface area (Å²) in [6.07, 6.45) is 2.61. The number of esters is 1. The molecular weight excluding hydrogens is 280 g/mol. The third kappa shape index (κ3) is 3.84. The molecule has 0 amide bonds. The standard InChI is InChI=1S/C17H24N2O3/c1-3-21-17(20)16-9-13(8-15(18-16)14-4-5-14)11-19-6-7-22-12(2)10-19/h8-9,12,14H,3-7,10-11H2,1-2H3/t12-/m1/s1. The maximum atomic E-state index is 12.0. The Kier molecular flexibility index (Phi) is 4.74. The van der Waals surface area contributed by atoms with E-state index in [4.69, 9.17) is 9.47 Å². The Morgan fingerprint density at radius 3 is 2.95 bits per heavy atom. The predicted molar refractivity (Wildman–Crippen MR) is 82.9 cm³/mol. The van der Waals surface area contributed by atoms with Crippen LogP contribution in [0.3, 0.4) is 0 Å². The Hall–Kier alpha value is -1.46. The third-order valence-corrected chi connectivity index (χ3v) is 4.12. The second kappa shape index (κ2) is 6.75. The molecule has 2 heterocycles. The number of morpholine rings is 1. The van der Waals surface area contributed by atoms with E-state index in [9.17, 15) is 4.79 Å². The summed E-state index contributed by atoms with van der Waals surface area (Å²) in [7, 11) is 0. The number of rotatable bonds is 5. The Balaban J connectivity index is 1.78. The van der Waals surface area contributed by atoms with Gasteiger partial charge in [0.25, 0.3) is 0 Å². The van der Waals surface area contributed by atoms with Crippen LogP contribution < -0.4 is 0 Å². The fraction of sp³-hybridized carbons (Fsp3) is 0.647. The van der Waals surface area contributed by atoms with Crippen LogP contribution >= 0.6 is 0 Å². The van der Waals surface area contributed by atoms with Gasteiger partial charge in [0.2, 0.25) is 0 Å². The molecule has 22 heavy (non-hydrogen) atoms. The van der Waals surface area contributed by atoms with Gasteiger partial charge in [0.15, 0.2) is 0 Å². The van der Waals surface area contributed by atoms with Gasteiger partial charge in [-0.25, -0.2) is 9.78 Å².